The lowest BCUT2D eigenvalue weighted by atomic mass is 10.1. The van der Waals surface area contributed by atoms with Crippen molar-refractivity contribution in [2.45, 2.75) is 39.9 Å². The normalized spacial score (nSPS) is 11.8. The summed E-state index contributed by atoms with van der Waals surface area (Å²) >= 11 is 0. The van der Waals surface area contributed by atoms with Crippen molar-refractivity contribution in [1.29, 1.82) is 0 Å². The van der Waals surface area contributed by atoms with E-state index in [-0.39, 0.29) is 24.7 Å². The first kappa shape index (κ1) is 20.6. The average molecular weight is 400 g/mol. The number of carbonyl (C=O) groups excluding carboxylic acids is 2. The fraction of sp³-hybridized carbons (Fsp3) is 0.381. The topological polar surface area (TPSA) is 99.9 Å². The van der Waals surface area contributed by atoms with E-state index in [1.165, 1.54) is 30.0 Å². The lowest BCUT2D eigenvalue weighted by Gasteiger charge is -2.20. The van der Waals surface area contributed by atoms with Gasteiger partial charge in [0.25, 0.3) is 0 Å². The summed E-state index contributed by atoms with van der Waals surface area (Å²) in [7, 11) is 1.50. The largest absolute Gasteiger partial charge is 0.508 e. The van der Waals surface area contributed by atoms with Crippen LogP contribution in [0.2, 0.25) is 0 Å². The van der Waals surface area contributed by atoms with Crippen LogP contribution in [0.15, 0.2) is 24.4 Å². The minimum absolute atomic E-state index is 0.0265. The summed E-state index contributed by atoms with van der Waals surface area (Å²) in [5, 5.41) is 11.2. The number of hydrogen-bond donors (Lipinski definition) is 1. The summed E-state index contributed by atoms with van der Waals surface area (Å²) in [4.78, 5) is 29.6. The van der Waals surface area contributed by atoms with E-state index in [1.807, 2.05) is 0 Å². The Hall–Kier alpha value is -3.13. The second-order valence-corrected chi connectivity index (χ2v) is 7.52. The van der Waals surface area contributed by atoms with Gasteiger partial charge in [0.1, 0.15) is 11.4 Å². The van der Waals surface area contributed by atoms with E-state index in [0.29, 0.717) is 27.4 Å². The molecular formula is C21H24N2O6. The van der Waals surface area contributed by atoms with Crippen LogP contribution >= 0.6 is 0 Å². The number of fused-ring (bicyclic) bond motifs is 3. The van der Waals surface area contributed by atoms with Gasteiger partial charge in [0.05, 0.1) is 30.4 Å². The van der Waals surface area contributed by atoms with E-state index in [2.05, 4.69) is 4.98 Å². The number of aromatic hydroxyl groups is 1. The van der Waals surface area contributed by atoms with Crippen LogP contribution in [0, 0.1) is 0 Å². The third-order valence-corrected chi connectivity index (χ3v) is 4.22. The number of rotatable bonds is 4. The van der Waals surface area contributed by atoms with Gasteiger partial charge in [-0.15, -0.1) is 0 Å². The Morgan fingerprint density at radius 2 is 1.93 bits per heavy atom. The Morgan fingerprint density at radius 3 is 2.55 bits per heavy atom. The molecule has 3 rings (SSSR count). The molecule has 8 nitrogen and oxygen atoms in total. The number of methoxy groups -OCH3 is 1. The molecule has 2 heterocycles. The third-order valence-electron chi connectivity index (χ3n) is 4.22. The third kappa shape index (κ3) is 3.88. The van der Waals surface area contributed by atoms with Crippen molar-refractivity contribution in [3.05, 3.63) is 35.7 Å². The van der Waals surface area contributed by atoms with Gasteiger partial charge in [-0.05, 0) is 45.9 Å². The molecule has 0 aliphatic heterocycles. The lowest BCUT2D eigenvalue weighted by Crippen LogP contribution is -2.27. The van der Waals surface area contributed by atoms with Crippen molar-refractivity contribution in [3.63, 3.8) is 0 Å². The second kappa shape index (κ2) is 7.71. The quantitative estimate of drug-likeness (QED) is 0.661. The number of pyridine rings is 1. The molecule has 0 saturated heterocycles. The van der Waals surface area contributed by atoms with Gasteiger partial charge in [0.15, 0.2) is 5.69 Å². The van der Waals surface area contributed by atoms with E-state index in [9.17, 15) is 14.7 Å². The summed E-state index contributed by atoms with van der Waals surface area (Å²) in [6.45, 7) is 7.31. The highest BCUT2D eigenvalue weighted by Gasteiger charge is 2.27. The van der Waals surface area contributed by atoms with Gasteiger partial charge < -0.3 is 19.3 Å². The SMILES string of the molecule is CCOC(=O)c1ncc2c(c1COC)c1cc(O)ccc1n2C(=O)OC(C)(C)C. The van der Waals surface area contributed by atoms with Gasteiger partial charge in [-0.3, -0.25) is 0 Å². The number of hydrogen-bond acceptors (Lipinski definition) is 7. The van der Waals surface area contributed by atoms with Gasteiger partial charge in [0.2, 0.25) is 0 Å². The molecule has 0 fully saturated rings. The van der Waals surface area contributed by atoms with Crippen molar-refractivity contribution in [2.75, 3.05) is 13.7 Å². The Labute approximate surface area is 168 Å². The fourth-order valence-corrected chi connectivity index (χ4v) is 3.22. The molecule has 0 radical (unpaired) electrons. The smallest absolute Gasteiger partial charge is 0.419 e. The van der Waals surface area contributed by atoms with Crippen molar-refractivity contribution < 1.29 is 28.9 Å². The fourth-order valence-electron chi connectivity index (χ4n) is 3.22. The summed E-state index contributed by atoms with van der Waals surface area (Å²) < 4.78 is 17.4. The first-order chi connectivity index (χ1) is 13.7. The number of ether oxygens (including phenoxy) is 3. The molecule has 8 heteroatoms. The standard InChI is InChI=1S/C21H24N2O6/c1-6-28-19(25)18-14(11-27-5)17-13-9-12(24)7-8-15(13)23(16(17)10-22-18)20(26)29-21(2,3)4/h7-10,24H,6,11H2,1-5H3. The minimum atomic E-state index is -0.704. The van der Waals surface area contributed by atoms with Crippen LogP contribution in [0.3, 0.4) is 0 Å². The summed E-state index contributed by atoms with van der Waals surface area (Å²) in [6.07, 6.45) is 0.846. The number of phenols is 1. The number of phenolic OH excluding ortho intramolecular Hbond substituents is 1. The maximum atomic E-state index is 13.0. The highest BCUT2D eigenvalue weighted by molar-refractivity contribution is 6.15. The molecule has 0 unspecified atom stereocenters. The zero-order valence-electron chi connectivity index (χ0n) is 17.1. The Bertz CT molecular complexity index is 1090. The molecule has 3 aromatic rings. The van der Waals surface area contributed by atoms with Gasteiger partial charge in [-0.2, -0.15) is 0 Å². The first-order valence-electron chi connectivity index (χ1n) is 9.22. The molecule has 0 aliphatic rings. The van der Waals surface area contributed by atoms with Crippen molar-refractivity contribution in [3.8, 4) is 5.75 Å². The van der Waals surface area contributed by atoms with Crippen LogP contribution in [-0.4, -0.2) is 46.0 Å². The Kier molecular flexibility index (Phi) is 5.48. The highest BCUT2D eigenvalue weighted by Crippen LogP contribution is 2.35. The van der Waals surface area contributed by atoms with Gasteiger partial charge in [-0.1, -0.05) is 0 Å². The highest BCUT2D eigenvalue weighted by atomic mass is 16.6. The molecule has 29 heavy (non-hydrogen) atoms. The van der Waals surface area contributed by atoms with E-state index in [1.54, 1.807) is 33.8 Å². The molecule has 0 bridgehead atoms. The number of aromatic nitrogens is 2. The predicted molar refractivity (Wildman–Crippen MR) is 107 cm³/mol. The molecule has 0 saturated carbocycles. The number of nitrogens with zero attached hydrogens (tertiary/aromatic N) is 2. The van der Waals surface area contributed by atoms with E-state index < -0.39 is 17.7 Å². The lowest BCUT2D eigenvalue weighted by molar-refractivity contribution is 0.0513. The number of carbonyl (C=O) groups is 2. The minimum Gasteiger partial charge on any atom is -0.508 e. The number of benzene rings is 1. The van der Waals surface area contributed by atoms with E-state index in [4.69, 9.17) is 14.2 Å². The van der Waals surface area contributed by atoms with Gasteiger partial charge in [0, 0.05) is 23.4 Å². The molecule has 0 spiro atoms. The molecule has 1 aromatic carbocycles. The Morgan fingerprint density at radius 1 is 1.21 bits per heavy atom. The molecule has 0 aliphatic carbocycles. The van der Waals surface area contributed by atoms with E-state index >= 15 is 0 Å². The second-order valence-electron chi connectivity index (χ2n) is 7.52. The maximum absolute atomic E-state index is 13.0. The van der Waals surface area contributed by atoms with Gasteiger partial charge in [-0.25, -0.2) is 19.1 Å². The van der Waals surface area contributed by atoms with Crippen LogP contribution in [0.25, 0.3) is 21.8 Å². The number of esters is 1. The first-order valence-corrected chi connectivity index (χ1v) is 9.22. The van der Waals surface area contributed by atoms with Crippen LogP contribution < -0.4 is 0 Å². The van der Waals surface area contributed by atoms with Crippen molar-refractivity contribution >= 4 is 33.9 Å². The average Bonchev–Trinajstić information content (AvgIpc) is 2.95. The molecule has 2 aromatic heterocycles. The van der Waals surface area contributed by atoms with Gasteiger partial charge >= 0.3 is 12.1 Å². The van der Waals surface area contributed by atoms with E-state index in [0.717, 1.165) is 0 Å². The molecule has 0 atom stereocenters. The summed E-state index contributed by atoms with van der Waals surface area (Å²) in [5.74, 6) is -0.557. The molecular weight excluding hydrogens is 376 g/mol. The zero-order valence-corrected chi connectivity index (χ0v) is 17.1. The monoisotopic (exact) mass is 400 g/mol. The van der Waals surface area contributed by atoms with Crippen LogP contribution in [0.1, 0.15) is 43.7 Å². The predicted octanol–water partition coefficient (Wildman–Crippen LogP) is 4.00. The van der Waals surface area contributed by atoms with Crippen LogP contribution in [0.4, 0.5) is 4.79 Å². The van der Waals surface area contributed by atoms with Crippen molar-refractivity contribution in [1.82, 2.24) is 9.55 Å². The summed E-state index contributed by atoms with van der Waals surface area (Å²) in [6, 6.07) is 4.64. The van der Waals surface area contributed by atoms with Crippen LogP contribution in [0.5, 0.6) is 5.75 Å². The van der Waals surface area contributed by atoms with Crippen LogP contribution in [-0.2, 0) is 20.8 Å². The Balaban J connectivity index is 2.39. The molecule has 0 amide bonds. The molecule has 1 N–H and O–H groups in total. The molecule has 154 valence electrons. The zero-order chi connectivity index (χ0) is 21.3. The van der Waals surface area contributed by atoms with Crippen molar-refractivity contribution in [2.24, 2.45) is 0 Å². The maximum Gasteiger partial charge on any atom is 0.419 e. The summed E-state index contributed by atoms with van der Waals surface area (Å²) in [5.41, 5.74) is 0.839.